The van der Waals surface area contributed by atoms with E-state index < -0.39 is 0 Å². The predicted octanol–water partition coefficient (Wildman–Crippen LogP) is 1.91. The van der Waals surface area contributed by atoms with Gasteiger partial charge in [0.1, 0.15) is 0 Å². The number of carbonyl (C=O) groups is 2. The van der Waals surface area contributed by atoms with E-state index in [1.165, 1.54) is 5.56 Å². The lowest BCUT2D eigenvalue weighted by Gasteiger charge is -2.33. The summed E-state index contributed by atoms with van der Waals surface area (Å²) in [6.45, 7) is 2.86. The van der Waals surface area contributed by atoms with Gasteiger partial charge in [-0.3, -0.25) is 9.59 Å². The van der Waals surface area contributed by atoms with Gasteiger partial charge in [0.05, 0.1) is 31.8 Å². The molecule has 6 heteroatoms. The van der Waals surface area contributed by atoms with Crippen LogP contribution >= 0.6 is 0 Å². The molecule has 0 spiro atoms. The fraction of sp³-hybridized carbons (Fsp3) is 0.619. The number of nitrogens with one attached hydrogen (secondary N) is 1. The van der Waals surface area contributed by atoms with Crippen molar-refractivity contribution in [1.29, 1.82) is 0 Å². The number of hydrogen-bond acceptors (Lipinski definition) is 4. The molecule has 2 aliphatic heterocycles. The van der Waals surface area contributed by atoms with Crippen molar-refractivity contribution < 1.29 is 19.1 Å². The molecule has 1 aliphatic carbocycles. The van der Waals surface area contributed by atoms with E-state index in [-0.39, 0.29) is 29.8 Å². The zero-order valence-corrected chi connectivity index (χ0v) is 15.7. The first-order valence-electron chi connectivity index (χ1n) is 10.1. The molecule has 0 radical (unpaired) electrons. The standard InChI is InChI=1S/C21H28N2O4/c24-20(22-13-16-14-26-11-12-27-16)17-6-2-3-7-18(17)21(25)23-10-9-15-5-1-4-8-19(15)23/h1,4-5,8,16-18H,2-3,6-7,9-14H2,(H,22,24)/t16-,17-,18-/m1/s1. The van der Waals surface area contributed by atoms with Gasteiger partial charge in [-0.1, -0.05) is 31.0 Å². The molecule has 3 aliphatic rings. The van der Waals surface area contributed by atoms with Crippen molar-refractivity contribution in [2.75, 3.05) is 37.8 Å². The summed E-state index contributed by atoms with van der Waals surface area (Å²) in [7, 11) is 0. The number of benzene rings is 1. The molecule has 1 saturated heterocycles. The van der Waals surface area contributed by atoms with Gasteiger partial charge < -0.3 is 19.7 Å². The number of amides is 2. The Balaban J connectivity index is 1.41. The molecule has 1 N–H and O–H groups in total. The van der Waals surface area contributed by atoms with Crippen LogP contribution in [-0.4, -0.2) is 50.8 Å². The number of ether oxygens (including phenoxy) is 2. The number of para-hydroxylation sites is 1. The lowest BCUT2D eigenvalue weighted by atomic mass is 9.77. The van der Waals surface area contributed by atoms with Crippen LogP contribution in [0.2, 0.25) is 0 Å². The number of rotatable bonds is 4. The molecule has 146 valence electrons. The lowest BCUT2D eigenvalue weighted by molar-refractivity contribution is -0.136. The number of hydrogen-bond donors (Lipinski definition) is 1. The summed E-state index contributed by atoms with van der Waals surface area (Å²) < 4.78 is 11.0. The van der Waals surface area contributed by atoms with E-state index in [0.29, 0.717) is 26.4 Å². The summed E-state index contributed by atoms with van der Waals surface area (Å²) in [5.74, 6) is -0.385. The minimum absolute atomic E-state index is 0.0188. The van der Waals surface area contributed by atoms with Gasteiger partial charge in [-0.15, -0.1) is 0 Å². The maximum atomic E-state index is 13.3. The zero-order chi connectivity index (χ0) is 18.6. The third-order valence-corrected chi connectivity index (χ3v) is 5.96. The van der Waals surface area contributed by atoms with E-state index in [0.717, 1.165) is 44.3 Å². The molecule has 1 aromatic carbocycles. The van der Waals surface area contributed by atoms with E-state index in [1.54, 1.807) is 0 Å². The summed E-state index contributed by atoms with van der Waals surface area (Å²) in [6, 6.07) is 8.08. The van der Waals surface area contributed by atoms with Gasteiger partial charge in [-0.05, 0) is 30.9 Å². The maximum absolute atomic E-state index is 13.3. The first-order chi connectivity index (χ1) is 13.2. The molecule has 2 fully saturated rings. The third-order valence-electron chi connectivity index (χ3n) is 5.96. The van der Waals surface area contributed by atoms with Gasteiger partial charge >= 0.3 is 0 Å². The van der Waals surface area contributed by atoms with Crippen molar-refractivity contribution in [3.63, 3.8) is 0 Å². The first kappa shape index (κ1) is 18.4. The Morgan fingerprint density at radius 2 is 1.93 bits per heavy atom. The minimum atomic E-state index is -0.247. The van der Waals surface area contributed by atoms with Crippen molar-refractivity contribution >= 4 is 17.5 Å². The van der Waals surface area contributed by atoms with Crippen LogP contribution in [0.3, 0.4) is 0 Å². The Labute approximate surface area is 160 Å². The quantitative estimate of drug-likeness (QED) is 0.877. The van der Waals surface area contributed by atoms with Crippen molar-refractivity contribution in [1.82, 2.24) is 5.32 Å². The van der Waals surface area contributed by atoms with Crippen LogP contribution in [0.15, 0.2) is 24.3 Å². The van der Waals surface area contributed by atoms with Gasteiger partial charge in [0.2, 0.25) is 11.8 Å². The largest absolute Gasteiger partial charge is 0.376 e. The normalized spacial score (nSPS) is 27.9. The van der Waals surface area contributed by atoms with Crippen LogP contribution in [0.25, 0.3) is 0 Å². The second-order valence-electron chi connectivity index (χ2n) is 7.68. The highest BCUT2D eigenvalue weighted by atomic mass is 16.6. The van der Waals surface area contributed by atoms with Gasteiger partial charge in [-0.25, -0.2) is 0 Å². The van der Waals surface area contributed by atoms with Crippen molar-refractivity contribution in [3.8, 4) is 0 Å². The topological polar surface area (TPSA) is 67.9 Å². The predicted molar refractivity (Wildman–Crippen MR) is 102 cm³/mol. The molecule has 1 aromatic rings. The molecule has 0 unspecified atom stereocenters. The monoisotopic (exact) mass is 372 g/mol. The number of carbonyl (C=O) groups excluding carboxylic acids is 2. The number of fused-ring (bicyclic) bond motifs is 1. The molecular weight excluding hydrogens is 344 g/mol. The van der Waals surface area contributed by atoms with Crippen molar-refractivity contribution in [2.24, 2.45) is 11.8 Å². The Morgan fingerprint density at radius 1 is 1.11 bits per heavy atom. The van der Waals surface area contributed by atoms with E-state index in [9.17, 15) is 9.59 Å². The highest BCUT2D eigenvalue weighted by Gasteiger charge is 2.39. The van der Waals surface area contributed by atoms with Crippen molar-refractivity contribution in [3.05, 3.63) is 29.8 Å². The van der Waals surface area contributed by atoms with Gasteiger partial charge in [0, 0.05) is 24.7 Å². The molecule has 2 amide bonds. The summed E-state index contributed by atoms with van der Waals surface area (Å²) in [4.78, 5) is 28.0. The average Bonchev–Trinajstić information content (AvgIpc) is 3.16. The van der Waals surface area contributed by atoms with Gasteiger partial charge in [0.25, 0.3) is 0 Å². The maximum Gasteiger partial charge on any atom is 0.230 e. The highest BCUT2D eigenvalue weighted by molar-refractivity contribution is 5.99. The third kappa shape index (κ3) is 4.01. The molecule has 0 aromatic heterocycles. The van der Waals surface area contributed by atoms with E-state index in [1.807, 2.05) is 23.1 Å². The molecule has 3 atom stereocenters. The molecule has 6 nitrogen and oxygen atoms in total. The summed E-state index contributed by atoms with van der Waals surface area (Å²) in [5, 5.41) is 3.00. The Hall–Kier alpha value is -1.92. The summed E-state index contributed by atoms with van der Waals surface area (Å²) in [6.07, 6.45) is 4.38. The minimum Gasteiger partial charge on any atom is -0.376 e. The van der Waals surface area contributed by atoms with Crippen LogP contribution in [0.5, 0.6) is 0 Å². The summed E-state index contributed by atoms with van der Waals surface area (Å²) >= 11 is 0. The first-order valence-corrected chi connectivity index (χ1v) is 10.1. The smallest absolute Gasteiger partial charge is 0.230 e. The summed E-state index contributed by atoms with van der Waals surface area (Å²) in [5.41, 5.74) is 2.23. The van der Waals surface area contributed by atoms with Crippen molar-refractivity contribution in [2.45, 2.75) is 38.2 Å². The van der Waals surface area contributed by atoms with E-state index in [2.05, 4.69) is 11.4 Å². The average molecular weight is 372 g/mol. The molecule has 1 saturated carbocycles. The molecule has 0 bridgehead atoms. The molecular formula is C21H28N2O4. The molecule has 4 rings (SSSR count). The Bertz CT molecular complexity index is 687. The van der Waals surface area contributed by atoms with Crippen LogP contribution in [0.4, 0.5) is 5.69 Å². The number of nitrogens with zero attached hydrogens (tertiary/aromatic N) is 1. The number of anilines is 1. The fourth-order valence-corrected chi connectivity index (χ4v) is 4.51. The second-order valence-corrected chi connectivity index (χ2v) is 7.68. The Morgan fingerprint density at radius 3 is 2.74 bits per heavy atom. The van der Waals surface area contributed by atoms with Gasteiger partial charge in [-0.2, -0.15) is 0 Å². The van der Waals surface area contributed by atoms with Crippen LogP contribution in [-0.2, 0) is 25.5 Å². The van der Waals surface area contributed by atoms with Crippen LogP contribution in [0.1, 0.15) is 31.2 Å². The van der Waals surface area contributed by atoms with E-state index >= 15 is 0 Å². The van der Waals surface area contributed by atoms with Crippen LogP contribution in [0, 0.1) is 11.8 Å². The highest BCUT2D eigenvalue weighted by Crippen LogP contribution is 2.35. The van der Waals surface area contributed by atoms with Gasteiger partial charge in [0.15, 0.2) is 0 Å². The fourth-order valence-electron chi connectivity index (χ4n) is 4.51. The second kappa shape index (κ2) is 8.40. The van der Waals surface area contributed by atoms with E-state index in [4.69, 9.17) is 9.47 Å². The molecule has 27 heavy (non-hydrogen) atoms. The molecule has 2 heterocycles. The Kier molecular flexibility index (Phi) is 5.74. The van der Waals surface area contributed by atoms with Crippen LogP contribution < -0.4 is 10.2 Å². The SMILES string of the molecule is O=C(NC[C@@H]1COCCO1)[C@@H]1CCCC[C@H]1C(=O)N1CCc2ccccc21. The zero-order valence-electron chi connectivity index (χ0n) is 15.7. The lowest BCUT2D eigenvalue weighted by Crippen LogP contribution is -2.47.